The fourth-order valence-electron chi connectivity index (χ4n) is 2.66. The summed E-state index contributed by atoms with van der Waals surface area (Å²) in [5.41, 5.74) is 1.12. The van der Waals surface area contributed by atoms with Gasteiger partial charge in [0.2, 0.25) is 5.91 Å². The maximum atomic E-state index is 13.0. The van der Waals surface area contributed by atoms with Crippen molar-refractivity contribution in [3.63, 3.8) is 0 Å². The standard InChI is InChI=1S/C21H23BrN2O3/c1-4-24(13-19(25)23-14(2)3)21(27)18-8-6-5-7-17(18)20(26)15-9-11-16(22)12-10-15/h5-12,14H,4,13H2,1-3H3,(H,23,25). The summed E-state index contributed by atoms with van der Waals surface area (Å²) >= 11 is 3.35. The fraction of sp³-hybridized carbons (Fsp3) is 0.286. The first kappa shape index (κ1) is 20.8. The van der Waals surface area contributed by atoms with Crippen LogP contribution in [0, 0.1) is 0 Å². The van der Waals surface area contributed by atoms with Gasteiger partial charge in [-0.1, -0.05) is 34.1 Å². The second-order valence-corrected chi connectivity index (χ2v) is 7.34. The number of nitrogens with zero attached hydrogens (tertiary/aromatic N) is 1. The monoisotopic (exact) mass is 430 g/mol. The van der Waals surface area contributed by atoms with Gasteiger partial charge in [0.05, 0.1) is 12.1 Å². The topological polar surface area (TPSA) is 66.5 Å². The summed E-state index contributed by atoms with van der Waals surface area (Å²) in [5, 5.41) is 2.78. The van der Waals surface area contributed by atoms with Gasteiger partial charge in [-0.25, -0.2) is 0 Å². The summed E-state index contributed by atoms with van der Waals surface area (Å²) in [6.45, 7) is 5.85. The van der Waals surface area contributed by atoms with Crippen LogP contribution >= 0.6 is 15.9 Å². The molecule has 0 unspecified atom stereocenters. The van der Waals surface area contributed by atoms with E-state index in [1.54, 1.807) is 55.5 Å². The molecule has 0 fully saturated rings. The van der Waals surface area contributed by atoms with Gasteiger partial charge < -0.3 is 10.2 Å². The summed E-state index contributed by atoms with van der Waals surface area (Å²) in [4.78, 5) is 39.4. The van der Waals surface area contributed by atoms with Gasteiger partial charge in [0.1, 0.15) is 0 Å². The molecule has 0 atom stereocenters. The summed E-state index contributed by atoms with van der Waals surface area (Å²) in [5.74, 6) is -0.788. The molecule has 2 amide bonds. The summed E-state index contributed by atoms with van der Waals surface area (Å²) in [6.07, 6.45) is 0. The number of hydrogen-bond acceptors (Lipinski definition) is 3. The van der Waals surface area contributed by atoms with Crippen LogP contribution < -0.4 is 5.32 Å². The fourth-order valence-corrected chi connectivity index (χ4v) is 2.93. The number of rotatable bonds is 7. The molecule has 0 bridgehead atoms. The van der Waals surface area contributed by atoms with E-state index < -0.39 is 0 Å². The van der Waals surface area contributed by atoms with Crippen molar-refractivity contribution in [1.82, 2.24) is 10.2 Å². The Morgan fingerprint density at radius 3 is 2.15 bits per heavy atom. The first-order valence-electron chi connectivity index (χ1n) is 8.81. The number of halogens is 1. The second kappa shape index (κ2) is 9.46. The van der Waals surface area contributed by atoms with Crippen LogP contribution in [0.5, 0.6) is 0 Å². The van der Waals surface area contributed by atoms with Crippen molar-refractivity contribution < 1.29 is 14.4 Å². The lowest BCUT2D eigenvalue weighted by atomic mass is 9.97. The lowest BCUT2D eigenvalue weighted by Crippen LogP contribution is -2.43. The molecular weight excluding hydrogens is 408 g/mol. The van der Waals surface area contributed by atoms with Crippen LogP contribution in [0.2, 0.25) is 0 Å². The highest BCUT2D eigenvalue weighted by atomic mass is 79.9. The van der Waals surface area contributed by atoms with Crippen molar-refractivity contribution in [3.8, 4) is 0 Å². The van der Waals surface area contributed by atoms with Gasteiger partial charge in [-0.3, -0.25) is 14.4 Å². The number of amides is 2. The molecule has 2 aromatic carbocycles. The van der Waals surface area contributed by atoms with Crippen molar-refractivity contribution >= 4 is 33.5 Å². The van der Waals surface area contributed by atoms with Gasteiger partial charge in [0.25, 0.3) is 5.91 Å². The Hall–Kier alpha value is -2.47. The van der Waals surface area contributed by atoms with Crippen molar-refractivity contribution in [3.05, 3.63) is 69.7 Å². The molecule has 0 radical (unpaired) electrons. The third-order valence-corrected chi connectivity index (χ3v) is 4.49. The third-order valence-electron chi connectivity index (χ3n) is 3.96. The zero-order chi connectivity index (χ0) is 20.0. The molecule has 0 spiro atoms. The summed E-state index contributed by atoms with van der Waals surface area (Å²) < 4.78 is 0.872. The SMILES string of the molecule is CCN(CC(=O)NC(C)C)C(=O)c1ccccc1C(=O)c1ccc(Br)cc1. The Labute approximate surface area is 167 Å². The van der Waals surface area contributed by atoms with E-state index in [1.165, 1.54) is 4.90 Å². The summed E-state index contributed by atoms with van der Waals surface area (Å²) in [6, 6.07) is 13.7. The molecule has 1 N–H and O–H groups in total. The van der Waals surface area contributed by atoms with E-state index in [2.05, 4.69) is 21.2 Å². The molecule has 27 heavy (non-hydrogen) atoms. The minimum absolute atomic E-state index is 0.00224. The first-order valence-corrected chi connectivity index (χ1v) is 9.60. The van der Waals surface area contributed by atoms with Gasteiger partial charge in [-0.05, 0) is 51.1 Å². The molecule has 2 aromatic rings. The summed E-state index contributed by atoms with van der Waals surface area (Å²) in [7, 11) is 0. The highest BCUT2D eigenvalue weighted by Gasteiger charge is 2.23. The average Bonchev–Trinajstić information content (AvgIpc) is 2.65. The zero-order valence-electron chi connectivity index (χ0n) is 15.7. The van der Waals surface area contributed by atoms with E-state index in [0.717, 1.165) is 4.47 Å². The van der Waals surface area contributed by atoms with E-state index in [1.807, 2.05) is 13.8 Å². The average molecular weight is 431 g/mol. The van der Waals surface area contributed by atoms with Crippen LogP contribution in [0.15, 0.2) is 53.0 Å². The Bertz CT molecular complexity index is 832. The molecule has 0 saturated carbocycles. The maximum Gasteiger partial charge on any atom is 0.255 e. The van der Waals surface area contributed by atoms with Crippen molar-refractivity contribution in [2.75, 3.05) is 13.1 Å². The van der Waals surface area contributed by atoms with Crippen LogP contribution in [0.4, 0.5) is 0 Å². The second-order valence-electron chi connectivity index (χ2n) is 6.42. The molecule has 142 valence electrons. The quantitative estimate of drug-likeness (QED) is 0.681. The van der Waals surface area contributed by atoms with Gasteiger partial charge in [-0.15, -0.1) is 0 Å². The number of nitrogens with one attached hydrogen (secondary N) is 1. The molecule has 0 aliphatic rings. The number of carbonyl (C=O) groups excluding carboxylic acids is 3. The number of hydrogen-bond donors (Lipinski definition) is 1. The van der Waals surface area contributed by atoms with Crippen LogP contribution in [0.3, 0.4) is 0 Å². The van der Waals surface area contributed by atoms with Gasteiger partial charge >= 0.3 is 0 Å². The van der Waals surface area contributed by atoms with Crippen molar-refractivity contribution in [1.29, 1.82) is 0 Å². The van der Waals surface area contributed by atoms with E-state index in [4.69, 9.17) is 0 Å². The Morgan fingerprint density at radius 1 is 1.00 bits per heavy atom. The van der Waals surface area contributed by atoms with Gasteiger partial charge in [-0.2, -0.15) is 0 Å². The number of ketones is 1. The number of carbonyl (C=O) groups is 3. The lowest BCUT2D eigenvalue weighted by molar-refractivity contribution is -0.122. The van der Waals surface area contributed by atoms with Crippen LogP contribution in [-0.2, 0) is 4.79 Å². The molecule has 0 saturated heterocycles. The van der Waals surface area contributed by atoms with Crippen LogP contribution in [0.1, 0.15) is 47.1 Å². The van der Waals surface area contributed by atoms with Crippen LogP contribution in [-0.4, -0.2) is 41.6 Å². The molecule has 0 aromatic heterocycles. The molecule has 0 aliphatic heterocycles. The molecule has 0 heterocycles. The molecule has 0 aliphatic carbocycles. The Balaban J connectivity index is 2.29. The predicted octanol–water partition coefficient (Wildman–Crippen LogP) is 3.67. The number of likely N-dealkylation sites (N-methyl/N-ethyl adjacent to an activating group) is 1. The van der Waals surface area contributed by atoms with E-state index in [0.29, 0.717) is 23.2 Å². The highest BCUT2D eigenvalue weighted by molar-refractivity contribution is 9.10. The minimum atomic E-state index is -0.336. The zero-order valence-corrected chi connectivity index (χ0v) is 17.2. The van der Waals surface area contributed by atoms with Crippen molar-refractivity contribution in [2.24, 2.45) is 0 Å². The smallest absolute Gasteiger partial charge is 0.255 e. The minimum Gasteiger partial charge on any atom is -0.352 e. The van der Waals surface area contributed by atoms with E-state index >= 15 is 0 Å². The Kier molecular flexibility index (Phi) is 7.30. The van der Waals surface area contributed by atoms with Crippen LogP contribution in [0.25, 0.3) is 0 Å². The Morgan fingerprint density at radius 2 is 1.59 bits per heavy atom. The molecule has 5 nitrogen and oxygen atoms in total. The largest absolute Gasteiger partial charge is 0.352 e. The van der Waals surface area contributed by atoms with Crippen molar-refractivity contribution in [2.45, 2.75) is 26.8 Å². The first-order chi connectivity index (χ1) is 12.8. The molecule has 6 heteroatoms. The van der Waals surface area contributed by atoms with E-state index in [9.17, 15) is 14.4 Å². The molecule has 2 rings (SSSR count). The number of benzene rings is 2. The molecular formula is C21H23BrN2O3. The third kappa shape index (κ3) is 5.50. The predicted molar refractivity (Wildman–Crippen MR) is 109 cm³/mol. The highest BCUT2D eigenvalue weighted by Crippen LogP contribution is 2.18. The normalized spacial score (nSPS) is 10.6. The van der Waals surface area contributed by atoms with Gasteiger partial charge in [0, 0.05) is 28.2 Å². The van der Waals surface area contributed by atoms with E-state index in [-0.39, 0.29) is 30.2 Å². The maximum absolute atomic E-state index is 13.0. The lowest BCUT2D eigenvalue weighted by Gasteiger charge is -2.22. The van der Waals surface area contributed by atoms with Gasteiger partial charge in [0.15, 0.2) is 5.78 Å².